The predicted molar refractivity (Wildman–Crippen MR) is 100.0 cm³/mol. The molecule has 1 aliphatic carbocycles. The Labute approximate surface area is 141 Å². The Morgan fingerprint density at radius 3 is 1.91 bits per heavy atom. The maximum absolute atomic E-state index is 2.48. The van der Waals surface area contributed by atoms with Crippen LogP contribution in [-0.2, 0) is 15.6 Å². The van der Waals surface area contributed by atoms with Crippen LogP contribution in [0.4, 0.5) is 5.69 Å². The number of nitrogens with zero attached hydrogens (tertiary/aromatic N) is 1. The van der Waals surface area contributed by atoms with Gasteiger partial charge in [0.1, 0.15) is 0 Å². The van der Waals surface area contributed by atoms with Crippen LogP contribution in [-0.4, -0.2) is 7.05 Å². The second-order valence-electron chi connectivity index (χ2n) is 9.17. The molecule has 1 heterocycles. The minimum atomic E-state index is 0.194. The van der Waals surface area contributed by atoms with Crippen LogP contribution in [0, 0.1) is 0 Å². The van der Waals surface area contributed by atoms with Crippen LogP contribution in [0.5, 0.6) is 0 Å². The van der Waals surface area contributed by atoms with Crippen molar-refractivity contribution in [2.75, 3.05) is 11.4 Å². The van der Waals surface area contributed by atoms with Gasteiger partial charge in [0.25, 0.3) is 0 Å². The van der Waals surface area contributed by atoms with Crippen molar-refractivity contribution in [3.8, 4) is 0 Å². The summed E-state index contributed by atoms with van der Waals surface area (Å²) < 4.78 is 2.82. The van der Waals surface area contributed by atoms with Gasteiger partial charge in [-0.2, -0.15) is 0 Å². The molecule has 1 fully saturated rings. The van der Waals surface area contributed by atoms with Crippen molar-refractivity contribution in [2.24, 2.45) is 0 Å². The molecule has 0 amide bonds. The average molecular weight is 318 g/mol. The smallest absolute Gasteiger partial charge is 0.0631 e. The average Bonchev–Trinajstić information content (AvgIpc) is 2.94. The minimum absolute atomic E-state index is 0.194. The fraction of sp³-hybridized carbons (Fsp3) is 0.700. The second kappa shape index (κ2) is 4.93. The van der Waals surface area contributed by atoms with Gasteiger partial charge in [-0.05, 0) is 52.3 Å². The van der Waals surface area contributed by atoms with E-state index >= 15 is 0 Å². The van der Waals surface area contributed by atoms with E-state index in [0.717, 1.165) is 0 Å². The molecule has 1 aromatic carbocycles. The molecule has 122 valence electrons. The normalized spacial score (nSPS) is 20.8. The Hall–Kier alpha value is -0.630. The molecule has 0 atom stereocenters. The lowest BCUT2D eigenvalue weighted by Crippen LogP contribution is -2.23. The van der Waals surface area contributed by atoms with Crippen molar-refractivity contribution >= 4 is 17.6 Å². The van der Waals surface area contributed by atoms with Gasteiger partial charge in [0.05, 0.1) is 10.4 Å². The summed E-state index contributed by atoms with van der Waals surface area (Å²) in [6, 6.07) is 4.82. The van der Waals surface area contributed by atoms with E-state index in [1.54, 1.807) is 11.1 Å². The molecule has 0 unspecified atom stereocenters. The Kier molecular flexibility index (Phi) is 3.64. The largest absolute Gasteiger partial charge is 0.318 e. The fourth-order valence-electron chi connectivity index (χ4n) is 4.25. The first-order valence-electron chi connectivity index (χ1n) is 8.68. The SMILES string of the molecule is CN1SC2(CCCC2)c2c(C(C)(C)C)ccc(C(C)(C)C)c21. The van der Waals surface area contributed by atoms with Gasteiger partial charge in [-0.25, -0.2) is 0 Å². The van der Waals surface area contributed by atoms with Crippen LogP contribution in [0.2, 0.25) is 0 Å². The third-order valence-electron chi connectivity index (χ3n) is 5.29. The van der Waals surface area contributed by atoms with Gasteiger partial charge in [-0.1, -0.05) is 66.5 Å². The summed E-state index contributed by atoms with van der Waals surface area (Å²) in [5.41, 5.74) is 6.66. The molecule has 1 aromatic rings. The molecule has 3 rings (SSSR count). The Balaban J connectivity index is 2.32. The molecule has 0 radical (unpaired) electrons. The molecule has 1 nitrogen and oxygen atoms in total. The maximum atomic E-state index is 2.48. The zero-order chi connectivity index (χ0) is 16.3. The van der Waals surface area contributed by atoms with E-state index in [2.05, 4.69) is 77.0 Å². The van der Waals surface area contributed by atoms with Gasteiger partial charge < -0.3 is 4.31 Å². The summed E-state index contributed by atoms with van der Waals surface area (Å²) in [6.07, 6.45) is 5.44. The zero-order valence-corrected chi connectivity index (χ0v) is 16.2. The highest BCUT2D eigenvalue weighted by Crippen LogP contribution is 2.62. The molecule has 0 aromatic heterocycles. The molecule has 1 aliphatic heterocycles. The number of rotatable bonds is 0. The molecule has 1 spiro atoms. The summed E-state index contributed by atoms with van der Waals surface area (Å²) in [4.78, 5) is 0. The van der Waals surface area contributed by atoms with Gasteiger partial charge in [-0.3, -0.25) is 0 Å². The highest BCUT2D eigenvalue weighted by Gasteiger charge is 2.49. The van der Waals surface area contributed by atoms with E-state index in [0.29, 0.717) is 4.75 Å². The van der Waals surface area contributed by atoms with Gasteiger partial charge in [0.15, 0.2) is 0 Å². The summed E-state index contributed by atoms with van der Waals surface area (Å²) in [7, 11) is 2.28. The quantitative estimate of drug-likeness (QED) is 0.528. The standard InChI is InChI=1S/C20H31NS/c1-18(2,3)14-10-11-15(19(4,5)6)17-16(14)20(22-21(17)7)12-8-9-13-20/h10-11H,8-9,12-13H2,1-7H3. The first-order chi connectivity index (χ1) is 10.1. The van der Waals surface area contributed by atoms with Crippen LogP contribution in [0.25, 0.3) is 0 Å². The monoisotopic (exact) mass is 317 g/mol. The van der Waals surface area contributed by atoms with Crippen molar-refractivity contribution in [2.45, 2.75) is 82.8 Å². The molecule has 2 aliphatic rings. The van der Waals surface area contributed by atoms with Crippen molar-refractivity contribution in [1.82, 2.24) is 0 Å². The zero-order valence-electron chi connectivity index (χ0n) is 15.3. The second-order valence-corrected chi connectivity index (χ2v) is 10.7. The molecule has 0 saturated heterocycles. The molecule has 0 N–H and O–H groups in total. The van der Waals surface area contributed by atoms with Crippen LogP contribution >= 0.6 is 11.9 Å². The molecular formula is C20H31NS. The first kappa shape index (κ1) is 16.2. The lowest BCUT2D eigenvalue weighted by atomic mass is 9.74. The van der Waals surface area contributed by atoms with Gasteiger partial charge in [0, 0.05) is 7.05 Å². The topological polar surface area (TPSA) is 3.24 Å². The Morgan fingerprint density at radius 2 is 1.41 bits per heavy atom. The highest BCUT2D eigenvalue weighted by molar-refractivity contribution is 8.02. The predicted octanol–water partition coefficient (Wildman–Crippen LogP) is 6.15. The van der Waals surface area contributed by atoms with Gasteiger partial charge >= 0.3 is 0 Å². The number of anilines is 1. The van der Waals surface area contributed by atoms with Crippen LogP contribution in [0.15, 0.2) is 12.1 Å². The van der Waals surface area contributed by atoms with Crippen molar-refractivity contribution in [3.63, 3.8) is 0 Å². The van der Waals surface area contributed by atoms with Crippen LogP contribution < -0.4 is 4.31 Å². The highest BCUT2D eigenvalue weighted by atomic mass is 32.2. The third-order valence-corrected chi connectivity index (χ3v) is 6.71. The minimum Gasteiger partial charge on any atom is -0.318 e. The van der Waals surface area contributed by atoms with Crippen LogP contribution in [0.3, 0.4) is 0 Å². The van der Waals surface area contributed by atoms with Crippen molar-refractivity contribution < 1.29 is 0 Å². The summed E-state index contributed by atoms with van der Waals surface area (Å²) in [5.74, 6) is 0. The lowest BCUT2D eigenvalue weighted by Gasteiger charge is -2.32. The first-order valence-corrected chi connectivity index (χ1v) is 9.45. The van der Waals surface area contributed by atoms with Gasteiger partial charge in [-0.15, -0.1) is 0 Å². The lowest BCUT2D eigenvalue weighted by molar-refractivity contribution is 0.552. The van der Waals surface area contributed by atoms with Gasteiger partial charge in [0.2, 0.25) is 0 Å². The molecule has 1 saturated carbocycles. The Bertz CT molecular complexity index is 583. The van der Waals surface area contributed by atoms with Crippen molar-refractivity contribution in [3.05, 3.63) is 28.8 Å². The number of fused-ring (bicyclic) bond motifs is 2. The third kappa shape index (κ3) is 2.38. The van der Waals surface area contributed by atoms with E-state index in [1.165, 1.54) is 36.9 Å². The molecule has 0 bridgehead atoms. The van der Waals surface area contributed by atoms with E-state index in [4.69, 9.17) is 0 Å². The van der Waals surface area contributed by atoms with E-state index < -0.39 is 0 Å². The summed E-state index contributed by atoms with van der Waals surface area (Å²) >= 11 is 2.10. The fourth-order valence-corrected chi connectivity index (χ4v) is 5.82. The van der Waals surface area contributed by atoms with E-state index in [-0.39, 0.29) is 10.8 Å². The van der Waals surface area contributed by atoms with E-state index in [1.807, 2.05) is 0 Å². The summed E-state index contributed by atoms with van der Waals surface area (Å²) in [6.45, 7) is 14.1. The molecule has 2 heteroatoms. The van der Waals surface area contributed by atoms with Crippen LogP contribution in [0.1, 0.15) is 83.9 Å². The molecular weight excluding hydrogens is 286 g/mol. The Morgan fingerprint density at radius 1 is 0.909 bits per heavy atom. The van der Waals surface area contributed by atoms with E-state index in [9.17, 15) is 0 Å². The van der Waals surface area contributed by atoms with Crippen molar-refractivity contribution in [1.29, 1.82) is 0 Å². The maximum Gasteiger partial charge on any atom is 0.0631 e. The summed E-state index contributed by atoms with van der Waals surface area (Å²) in [5, 5.41) is 0. The number of benzene rings is 1. The number of hydrogen-bond donors (Lipinski definition) is 0. The molecule has 22 heavy (non-hydrogen) atoms. The number of hydrogen-bond acceptors (Lipinski definition) is 2.